The molecular weight excluding hydrogens is 232 g/mol. The van der Waals surface area contributed by atoms with Gasteiger partial charge in [0.2, 0.25) is 5.91 Å². The fourth-order valence-corrected chi connectivity index (χ4v) is 2.69. The molecule has 1 aromatic carbocycles. The molecule has 86 valence electrons. The van der Waals surface area contributed by atoms with Gasteiger partial charge in [0.15, 0.2) is 0 Å². The van der Waals surface area contributed by atoms with E-state index in [1.165, 1.54) is 5.56 Å². The van der Waals surface area contributed by atoms with Gasteiger partial charge in [-0.3, -0.25) is 4.79 Å². The van der Waals surface area contributed by atoms with Gasteiger partial charge in [0.1, 0.15) is 6.04 Å². The minimum Gasteiger partial charge on any atom is -0.371 e. The lowest BCUT2D eigenvalue weighted by Gasteiger charge is -2.24. The summed E-state index contributed by atoms with van der Waals surface area (Å²) in [5, 5.41) is 10.2. The predicted molar refractivity (Wildman–Crippen MR) is 70.5 cm³/mol. The van der Waals surface area contributed by atoms with Crippen molar-refractivity contribution in [1.82, 2.24) is 0 Å². The summed E-state index contributed by atoms with van der Waals surface area (Å²) in [5.74, 6) is 0.0414. The molecule has 2 aromatic rings. The van der Waals surface area contributed by atoms with Crippen molar-refractivity contribution in [1.29, 1.82) is 0 Å². The third-order valence-electron chi connectivity index (χ3n) is 2.85. The van der Waals surface area contributed by atoms with Crippen LogP contribution in [0.15, 0.2) is 41.1 Å². The molecule has 0 saturated heterocycles. The smallest absolute Gasteiger partial charge is 0.247 e. The van der Waals surface area contributed by atoms with Gasteiger partial charge in [0.05, 0.1) is 11.4 Å². The molecule has 17 heavy (non-hydrogen) atoms. The first-order chi connectivity index (χ1) is 8.33. The first kappa shape index (κ1) is 10.4. The minimum atomic E-state index is -0.181. The Hall–Kier alpha value is -1.81. The Labute approximate surface area is 103 Å². The van der Waals surface area contributed by atoms with Crippen molar-refractivity contribution >= 4 is 28.6 Å². The number of nitrogens with one attached hydrogen (secondary N) is 2. The lowest BCUT2D eigenvalue weighted by Crippen LogP contribution is -2.39. The second-order valence-corrected chi connectivity index (χ2v) is 4.82. The highest BCUT2D eigenvalue weighted by molar-refractivity contribution is 7.09. The summed E-state index contributed by atoms with van der Waals surface area (Å²) in [7, 11) is 0. The molecule has 0 aliphatic carbocycles. The van der Waals surface area contributed by atoms with Gasteiger partial charge in [0, 0.05) is 17.2 Å². The molecule has 0 radical (unpaired) electrons. The van der Waals surface area contributed by atoms with E-state index < -0.39 is 0 Å². The molecule has 0 saturated carbocycles. The summed E-state index contributed by atoms with van der Waals surface area (Å²) in [5.41, 5.74) is 3.08. The van der Waals surface area contributed by atoms with Crippen molar-refractivity contribution < 1.29 is 4.79 Å². The average Bonchev–Trinajstić information content (AvgIpc) is 2.78. The van der Waals surface area contributed by atoms with Crippen LogP contribution in [0.3, 0.4) is 0 Å². The molecule has 0 fully saturated rings. The second kappa shape index (κ2) is 4.22. The molecule has 1 amide bonds. The number of carbonyl (C=O) groups is 1. The van der Waals surface area contributed by atoms with Crippen LogP contribution in [0.25, 0.3) is 0 Å². The number of amides is 1. The van der Waals surface area contributed by atoms with E-state index in [9.17, 15) is 4.79 Å². The number of rotatable bonds is 2. The zero-order valence-electron chi connectivity index (χ0n) is 9.14. The van der Waals surface area contributed by atoms with E-state index in [1.807, 2.05) is 41.1 Å². The number of fused-ring (bicyclic) bond motifs is 1. The van der Waals surface area contributed by atoms with E-state index in [-0.39, 0.29) is 11.9 Å². The van der Waals surface area contributed by atoms with Crippen molar-refractivity contribution in [3.8, 4) is 0 Å². The monoisotopic (exact) mass is 244 g/mol. The molecule has 1 unspecified atom stereocenters. The van der Waals surface area contributed by atoms with Crippen LogP contribution < -0.4 is 10.6 Å². The second-order valence-electron chi connectivity index (χ2n) is 4.08. The standard InChI is InChI=1S/C13H12N2OS/c16-13-10(6-9-4-2-1-3-5-9)14-11-7-17-8-12(11)15-13/h1-5,7-8,10,14H,6H2,(H,15,16). The van der Waals surface area contributed by atoms with Crippen molar-refractivity contribution in [2.45, 2.75) is 12.5 Å². The number of hydrogen-bond acceptors (Lipinski definition) is 3. The number of hydrogen-bond donors (Lipinski definition) is 2. The Kier molecular flexibility index (Phi) is 2.57. The van der Waals surface area contributed by atoms with Gasteiger partial charge < -0.3 is 10.6 Å². The highest BCUT2D eigenvalue weighted by Crippen LogP contribution is 2.31. The highest BCUT2D eigenvalue weighted by atomic mass is 32.1. The minimum absolute atomic E-state index is 0.0414. The number of carbonyl (C=O) groups excluding carboxylic acids is 1. The molecule has 1 aromatic heterocycles. The largest absolute Gasteiger partial charge is 0.371 e. The molecule has 0 bridgehead atoms. The maximum atomic E-state index is 11.9. The SMILES string of the molecule is O=C1Nc2cscc2NC1Cc1ccccc1. The van der Waals surface area contributed by atoms with Gasteiger partial charge in [0.25, 0.3) is 0 Å². The lowest BCUT2D eigenvalue weighted by molar-refractivity contribution is -0.117. The van der Waals surface area contributed by atoms with Gasteiger partial charge in [-0.05, 0) is 5.56 Å². The Bertz CT molecular complexity index is 535. The van der Waals surface area contributed by atoms with Crippen LogP contribution in [0.4, 0.5) is 11.4 Å². The van der Waals surface area contributed by atoms with Crippen LogP contribution in [0, 0.1) is 0 Å². The third-order valence-corrected chi connectivity index (χ3v) is 3.59. The topological polar surface area (TPSA) is 41.1 Å². The van der Waals surface area contributed by atoms with Crippen molar-refractivity contribution in [2.75, 3.05) is 10.6 Å². The predicted octanol–water partition coefficient (Wildman–Crippen LogP) is 2.72. The molecule has 1 aliphatic heterocycles. The normalized spacial score (nSPS) is 18.1. The van der Waals surface area contributed by atoms with E-state index in [0.717, 1.165) is 11.4 Å². The number of anilines is 2. The molecule has 0 spiro atoms. The van der Waals surface area contributed by atoms with Crippen LogP contribution in [0.5, 0.6) is 0 Å². The molecule has 2 N–H and O–H groups in total. The average molecular weight is 244 g/mol. The van der Waals surface area contributed by atoms with Crippen molar-refractivity contribution in [2.24, 2.45) is 0 Å². The van der Waals surface area contributed by atoms with E-state index in [2.05, 4.69) is 10.6 Å². The zero-order valence-corrected chi connectivity index (χ0v) is 9.96. The Balaban J connectivity index is 1.79. The van der Waals surface area contributed by atoms with Gasteiger partial charge >= 0.3 is 0 Å². The fourth-order valence-electron chi connectivity index (χ4n) is 1.97. The lowest BCUT2D eigenvalue weighted by atomic mass is 10.0. The first-order valence-electron chi connectivity index (χ1n) is 5.50. The van der Waals surface area contributed by atoms with E-state index in [4.69, 9.17) is 0 Å². The maximum Gasteiger partial charge on any atom is 0.247 e. The molecule has 1 atom stereocenters. The first-order valence-corrected chi connectivity index (χ1v) is 6.45. The van der Waals surface area contributed by atoms with Crippen LogP contribution in [0.2, 0.25) is 0 Å². The quantitative estimate of drug-likeness (QED) is 0.852. The zero-order chi connectivity index (χ0) is 11.7. The molecule has 1 aliphatic rings. The summed E-state index contributed by atoms with van der Waals surface area (Å²) >= 11 is 1.59. The van der Waals surface area contributed by atoms with E-state index >= 15 is 0 Å². The molecule has 3 nitrogen and oxygen atoms in total. The Morgan fingerprint density at radius 1 is 1.12 bits per heavy atom. The number of benzene rings is 1. The molecule has 4 heteroatoms. The van der Waals surface area contributed by atoms with Gasteiger partial charge in [-0.25, -0.2) is 0 Å². The summed E-state index contributed by atoms with van der Waals surface area (Å²) < 4.78 is 0. The Morgan fingerprint density at radius 3 is 2.71 bits per heavy atom. The molecule has 2 heterocycles. The number of thiophene rings is 1. The maximum absolute atomic E-state index is 11.9. The highest BCUT2D eigenvalue weighted by Gasteiger charge is 2.25. The summed E-state index contributed by atoms with van der Waals surface area (Å²) in [6.07, 6.45) is 0.710. The van der Waals surface area contributed by atoms with E-state index in [1.54, 1.807) is 11.3 Å². The molecular formula is C13H12N2OS. The van der Waals surface area contributed by atoms with Crippen LogP contribution >= 0.6 is 11.3 Å². The fraction of sp³-hybridized carbons (Fsp3) is 0.154. The van der Waals surface area contributed by atoms with Gasteiger partial charge in [-0.2, -0.15) is 0 Å². The summed E-state index contributed by atoms with van der Waals surface area (Å²) in [6, 6.07) is 9.86. The van der Waals surface area contributed by atoms with E-state index in [0.29, 0.717) is 6.42 Å². The summed E-state index contributed by atoms with van der Waals surface area (Å²) in [6.45, 7) is 0. The van der Waals surface area contributed by atoms with Crippen LogP contribution in [-0.4, -0.2) is 11.9 Å². The van der Waals surface area contributed by atoms with Crippen molar-refractivity contribution in [3.05, 3.63) is 46.7 Å². The Morgan fingerprint density at radius 2 is 1.88 bits per heavy atom. The van der Waals surface area contributed by atoms with Gasteiger partial charge in [-0.1, -0.05) is 30.3 Å². The summed E-state index contributed by atoms with van der Waals surface area (Å²) in [4.78, 5) is 11.9. The molecule has 3 rings (SSSR count). The van der Waals surface area contributed by atoms with Crippen LogP contribution in [0.1, 0.15) is 5.56 Å². The third kappa shape index (κ3) is 2.03. The van der Waals surface area contributed by atoms with Crippen LogP contribution in [-0.2, 0) is 11.2 Å². The van der Waals surface area contributed by atoms with Gasteiger partial charge in [-0.15, -0.1) is 11.3 Å². The van der Waals surface area contributed by atoms with Crippen molar-refractivity contribution in [3.63, 3.8) is 0 Å².